The number of carboxylic acids is 1. The van der Waals surface area contributed by atoms with Gasteiger partial charge in [-0.2, -0.15) is 4.72 Å². The van der Waals surface area contributed by atoms with E-state index >= 15 is 0 Å². The fourth-order valence-electron chi connectivity index (χ4n) is 2.12. The molecular weight excluding hydrogens is 334 g/mol. The molecule has 0 aliphatic heterocycles. The van der Waals surface area contributed by atoms with Gasteiger partial charge in [0.15, 0.2) is 11.5 Å². The van der Waals surface area contributed by atoms with Crippen LogP contribution >= 0.6 is 0 Å². The number of benzene rings is 1. The minimum Gasteiger partial charge on any atom is -0.490 e. The molecule has 0 aromatic heterocycles. The summed E-state index contributed by atoms with van der Waals surface area (Å²) < 4.78 is 38.0. The summed E-state index contributed by atoms with van der Waals surface area (Å²) in [6.45, 7) is 8.01. The lowest BCUT2D eigenvalue weighted by atomic mass is 10.1. The Labute approximate surface area is 143 Å². The van der Waals surface area contributed by atoms with Crippen molar-refractivity contribution in [1.82, 2.24) is 4.72 Å². The number of hydrogen-bond donors (Lipinski definition) is 2. The van der Waals surface area contributed by atoms with E-state index in [0.29, 0.717) is 24.7 Å². The smallest absolute Gasteiger partial charge is 0.321 e. The third kappa shape index (κ3) is 5.68. The lowest BCUT2D eigenvalue weighted by Crippen LogP contribution is -2.41. The van der Waals surface area contributed by atoms with Crippen LogP contribution < -0.4 is 14.2 Å². The van der Waals surface area contributed by atoms with Gasteiger partial charge in [-0.05, 0) is 38.3 Å². The maximum Gasteiger partial charge on any atom is 0.321 e. The van der Waals surface area contributed by atoms with E-state index in [-0.39, 0.29) is 17.2 Å². The van der Waals surface area contributed by atoms with Crippen molar-refractivity contribution in [3.8, 4) is 11.5 Å². The molecule has 0 bridgehead atoms. The Morgan fingerprint density at radius 3 is 2.25 bits per heavy atom. The average molecular weight is 359 g/mol. The van der Waals surface area contributed by atoms with Crippen LogP contribution in [-0.4, -0.2) is 38.7 Å². The molecule has 1 atom stereocenters. The first-order valence-corrected chi connectivity index (χ1v) is 9.34. The molecule has 1 aromatic rings. The molecule has 0 fully saturated rings. The zero-order valence-corrected chi connectivity index (χ0v) is 15.2. The number of aliphatic carboxylic acids is 1. The number of carboxylic acid groups (broad SMARTS) is 1. The highest BCUT2D eigenvalue weighted by Crippen LogP contribution is 2.30. The number of carbonyl (C=O) groups is 1. The van der Waals surface area contributed by atoms with Crippen molar-refractivity contribution in [2.75, 3.05) is 13.2 Å². The lowest BCUT2D eigenvalue weighted by molar-refractivity contribution is -0.139. The highest BCUT2D eigenvalue weighted by atomic mass is 32.2. The van der Waals surface area contributed by atoms with Crippen molar-refractivity contribution in [3.05, 3.63) is 18.2 Å². The van der Waals surface area contributed by atoms with Gasteiger partial charge in [-0.25, -0.2) is 8.42 Å². The van der Waals surface area contributed by atoms with E-state index in [1.807, 2.05) is 20.8 Å². The molecule has 0 saturated heterocycles. The predicted molar refractivity (Wildman–Crippen MR) is 90.0 cm³/mol. The Bertz CT molecular complexity index is 657. The molecule has 0 spiro atoms. The summed E-state index contributed by atoms with van der Waals surface area (Å²) in [7, 11) is -3.99. The van der Waals surface area contributed by atoms with Crippen LogP contribution in [0.3, 0.4) is 0 Å². The first-order valence-electron chi connectivity index (χ1n) is 7.86. The zero-order valence-electron chi connectivity index (χ0n) is 14.4. The number of rotatable bonds is 10. The molecule has 0 radical (unpaired) electrons. The topological polar surface area (TPSA) is 102 Å². The van der Waals surface area contributed by atoms with Crippen LogP contribution in [0.25, 0.3) is 0 Å². The number of ether oxygens (including phenoxy) is 2. The molecule has 136 valence electrons. The zero-order chi connectivity index (χ0) is 18.3. The second-order valence-electron chi connectivity index (χ2n) is 5.62. The van der Waals surface area contributed by atoms with E-state index in [4.69, 9.17) is 9.47 Å². The quantitative estimate of drug-likeness (QED) is 0.664. The molecule has 2 N–H and O–H groups in total. The summed E-state index contributed by atoms with van der Waals surface area (Å²) in [4.78, 5) is 11.2. The fraction of sp³-hybridized carbons (Fsp3) is 0.562. The molecule has 0 amide bonds. The molecule has 24 heavy (non-hydrogen) atoms. The molecule has 0 saturated carbocycles. The number of nitrogens with one attached hydrogen (secondary N) is 1. The van der Waals surface area contributed by atoms with E-state index in [1.165, 1.54) is 18.2 Å². The van der Waals surface area contributed by atoms with Gasteiger partial charge in [0.2, 0.25) is 10.0 Å². The maximum atomic E-state index is 12.5. The van der Waals surface area contributed by atoms with Crippen LogP contribution in [0, 0.1) is 5.92 Å². The van der Waals surface area contributed by atoms with Gasteiger partial charge in [-0.1, -0.05) is 13.8 Å². The molecular formula is C16H25NO6S. The van der Waals surface area contributed by atoms with Crippen molar-refractivity contribution in [1.29, 1.82) is 0 Å². The van der Waals surface area contributed by atoms with Gasteiger partial charge in [0.25, 0.3) is 0 Å². The Morgan fingerprint density at radius 1 is 1.17 bits per heavy atom. The Hall–Kier alpha value is -1.80. The minimum absolute atomic E-state index is 0.0353. The molecule has 7 nitrogen and oxygen atoms in total. The first-order chi connectivity index (χ1) is 11.2. The molecule has 8 heteroatoms. The number of sulfonamides is 1. The normalized spacial score (nSPS) is 12.9. The first kappa shape index (κ1) is 20.2. The van der Waals surface area contributed by atoms with Crippen molar-refractivity contribution < 1.29 is 27.8 Å². The SMILES string of the molecule is CCOc1ccc(S(=O)(=O)NC(CC(C)C)C(=O)O)cc1OCC. The molecule has 1 aromatic carbocycles. The second kappa shape index (κ2) is 8.89. The number of hydrogen-bond acceptors (Lipinski definition) is 5. The second-order valence-corrected chi connectivity index (χ2v) is 7.33. The van der Waals surface area contributed by atoms with Gasteiger partial charge in [0, 0.05) is 6.07 Å². The molecule has 0 heterocycles. The van der Waals surface area contributed by atoms with Crippen LogP contribution in [0.4, 0.5) is 0 Å². The average Bonchev–Trinajstić information content (AvgIpc) is 2.48. The highest BCUT2D eigenvalue weighted by Gasteiger charge is 2.27. The molecule has 0 aliphatic rings. The highest BCUT2D eigenvalue weighted by molar-refractivity contribution is 7.89. The standard InChI is InChI=1S/C16H25NO6S/c1-5-22-14-8-7-12(10-15(14)23-6-2)24(20,21)17-13(16(18)19)9-11(3)4/h7-8,10-11,13,17H,5-6,9H2,1-4H3,(H,18,19). The largest absolute Gasteiger partial charge is 0.490 e. The van der Waals surface area contributed by atoms with Gasteiger partial charge in [0.05, 0.1) is 18.1 Å². The van der Waals surface area contributed by atoms with E-state index in [0.717, 1.165) is 0 Å². The van der Waals surface area contributed by atoms with Crippen molar-refractivity contribution >= 4 is 16.0 Å². The summed E-state index contributed by atoms with van der Waals surface area (Å²) in [5.41, 5.74) is 0. The third-order valence-corrected chi connectivity index (χ3v) is 4.60. The van der Waals surface area contributed by atoms with Gasteiger partial charge in [0.1, 0.15) is 6.04 Å². The van der Waals surface area contributed by atoms with Gasteiger partial charge < -0.3 is 14.6 Å². The fourth-order valence-corrected chi connectivity index (χ4v) is 3.34. The lowest BCUT2D eigenvalue weighted by Gasteiger charge is -2.17. The Kier molecular flexibility index (Phi) is 7.50. The van der Waals surface area contributed by atoms with Crippen LogP contribution in [0.1, 0.15) is 34.1 Å². The van der Waals surface area contributed by atoms with Gasteiger partial charge >= 0.3 is 5.97 Å². The van der Waals surface area contributed by atoms with Crippen molar-refractivity contribution in [3.63, 3.8) is 0 Å². The molecule has 1 rings (SSSR count). The van der Waals surface area contributed by atoms with Gasteiger partial charge in [-0.15, -0.1) is 0 Å². The van der Waals surface area contributed by atoms with E-state index < -0.39 is 22.0 Å². The predicted octanol–water partition coefficient (Wildman–Crippen LogP) is 2.26. The van der Waals surface area contributed by atoms with Crippen molar-refractivity contribution in [2.45, 2.75) is 45.1 Å². The van der Waals surface area contributed by atoms with Crippen LogP contribution in [0.2, 0.25) is 0 Å². The summed E-state index contributed by atoms with van der Waals surface area (Å²) >= 11 is 0. The Morgan fingerprint density at radius 2 is 1.75 bits per heavy atom. The van der Waals surface area contributed by atoms with Crippen molar-refractivity contribution in [2.24, 2.45) is 5.92 Å². The third-order valence-electron chi connectivity index (χ3n) is 3.13. The maximum absolute atomic E-state index is 12.5. The van der Waals surface area contributed by atoms with E-state index in [2.05, 4.69) is 4.72 Å². The summed E-state index contributed by atoms with van der Waals surface area (Å²) in [6, 6.07) is 3.02. The van der Waals surface area contributed by atoms with Crippen LogP contribution in [0.15, 0.2) is 23.1 Å². The molecule has 0 aliphatic carbocycles. The van der Waals surface area contributed by atoms with Crippen LogP contribution in [-0.2, 0) is 14.8 Å². The molecule has 1 unspecified atom stereocenters. The summed E-state index contributed by atoms with van der Waals surface area (Å²) in [6.07, 6.45) is 0.198. The van der Waals surface area contributed by atoms with E-state index in [9.17, 15) is 18.3 Å². The van der Waals surface area contributed by atoms with Crippen LogP contribution in [0.5, 0.6) is 11.5 Å². The monoisotopic (exact) mass is 359 g/mol. The van der Waals surface area contributed by atoms with E-state index in [1.54, 1.807) is 6.92 Å². The summed E-state index contributed by atoms with van der Waals surface area (Å²) in [5.74, 6) is -0.426. The summed E-state index contributed by atoms with van der Waals surface area (Å²) in [5, 5.41) is 9.21. The minimum atomic E-state index is -3.99. The Balaban J connectivity index is 3.12. The van der Waals surface area contributed by atoms with Gasteiger partial charge in [-0.3, -0.25) is 4.79 Å².